The second-order valence-electron chi connectivity index (χ2n) is 9.01. The third-order valence-electron chi connectivity index (χ3n) is 6.87. The summed E-state index contributed by atoms with van der Waals surface area (Å²) < 4.78 is 0. The average Bonchev–Trinajstić information content (AvgIpc) is 2.67. The minimum atomic E-state index is 0.673. The zero-order chi connectivity index (χ0) is 19.3. The lowest BCUT2D eigenvalue weighted by Gasteiger charge is -2.32. The van der Waals surface area contributed by atoms with Crippen LogP contribution >= 0.6 is 0 Å². The first-order valence-electron chi connectivity index (χ1n) is 12.7. The molecule has 0 aliphatic carbocycles. The highest BCUT2D eigenvalue weighted by Crippen LogP contribution is 2.38. The Morgan fingerprint density at radius 2 is 0.615 bits per heavy atom. The second-order valence-corrected chi connectivity index (χ2v) is 9.01. The van der Waals surface area contributed by atoms with E-state index in [0.29, 0.717) is 5.41 Å². The van der Waals surface area contributed by atoms with E-state index in [0.717, 1.165) is 0 Å². The third-order valence-corrected chi connectivity index (χ3v) is 6.87. The third kappa shape index (κ3) is 15.1. The summed E-state index contributed by atoms with van der Waals surface area (Å²) in [5.74, 6) is 0. The highest BCUT2D eigenvalue weighted by Gasteiger charge is 2.24. The molecule has 0 rings (SSSR count). The maximum absolute atomic E-state index is 2.43. The molecule has 0 heterocycles. The first kappa shape index (κ1) is 26.0. The van der Waals surface area contributed by atoms with Gasteiger partial charge >= 0.3 is 0 Å². The fourth-order valence-electron chi connectivity index (χ4n) is 4.53. The van der Waals surface area contributed by atoms with Gasteiger partial charge in [-0.15, -0.1) is 0 Å². The summed E-state index contributed by atoms with van der Waals surface area (Å²) >= 11 is 0. The van der Waals surface area contributed by atoms with Crippen molar-refractivity contribution in [3.05, 3.63) is 0 Å². The van der Waals surface area contributed by atoms with Gasteiger partial charge in [0.15, 0.2) is 0 Å². The summed E-state index contributed by atoms with van der Waals surface area (Å²) in [7, 11) is 0. The van der Waals surface area contributed by atoms with Crippen LogP contribution in [0.2, 0.25) is 0 Å². The molecule has 0 aliphatic heterocycles. The monoisotopic (exact) mass is 366 g/mol. The van der Waals surface area contributed by atoms with Crippen LogP contribution in [0.3, 0.4) is 0 Å². The van der Waals surface area contributed by atoms with Crippen LogP contribution in [0.15, 0.2) is 0 Å². The number of hydrogen-bond acceptors (Lipinski definition) is 0. The van der Waals surface area contributed by atoms with Crippen molar-refractivity contribution in [2.24, 2.45) is 5.41 Å². The van der Waals surface area contributed by atoms with Gasteiger partial charge in [0.25, 0.3) is 0 Å². The predicted molar refractivity (Wildman–Crippen MR) is 122 cm³/mol. The van der Waals surface area contributed by atoms with E-state index in [1.807, 2.05) is 0 Å². The van der Waals surface area contributed by atoms with Crippen molar-refractivity contribution < 1.29 is 0 Å². The van der Waals surface area contributed by atoms with E-state index in [4.69, 9.17) is 0 Å². The van der Waals surface area contributed by atoms with Gasteiger partial charge in [0.2, 0.25) is 0 Å². The molecule has 0 bridgehead atoms. The van der Waals surface area contributed by atoms with Gasteiger partial charge in [-0.05, 0) is 18.3 Å². The molecule has 0 unspecified atom stereocenters. The van der Waals surface area contributed by atoms with Crippen molar-refractivity contribution in [3.63, 3.8) is 0 Å². The van der Waals surface area contributed by atoms with Gasteiger partial charge < -0.3 is 0 Å². The van der Waals surface area contributed by atoms with Gasteiger partial charge in [-0.25, -0.2) is 0 Å². The molecule has 0 N–H and O–H groups in total. The van der Waals surface area contributed by atoms with Crippen LogP contribution in [0, 0.1) is 5.41 Å². The fourth-order valence-corrected chi connectivity index (χ4v) is 4.53. The summed E-state index contributed by atoms with van der Waals surface area (Å²) in [5, 5.41) is 0. The smallest absolute Gasteiger partial charge is 0.0303 e. The molecule has 0 saturated heterocycles. The lowest BCUT2D eigenvalue weighted by atomic mass is 9.74. The molecule has 0 nitrogen and oxygen atoms in total. The fraction of sp³-hybridized carbons (Fsp3) is 1.00. The van der Waals surface area contributed by atoms with E-state index in [9.17, 15) is 0 Å². The molecule has 0 aromatic heterocycles. The van der Waals surface area contributed by atoms with E-state index < -0.39 is 0 Å². The zero-order valence-corrected chi connectivity index (χ0v) is 19.3. The van der Waals surface area contributed by atoms with E-state index >= 15 is 0 Å². The normalized spacial score (nSPS) is 12.0. The van der Waals surface area contributed by atoms with Gasteiger partial charge in [0.1, 0.15) is 0 Å². The van der Waals surface area contributed by atoms with Crippen LogP contribution in [0.5, 0.6) is 0 Å². The van der Waals surface area contributed by atoms with E-state index in [1.54, 1.807) is 0 Å². The molecule has 0 heteroatoms. The van der Waals surface area contributed by atoms with Crippen molar-refractivity contribution in [2.75, 3.05) is 0 Å². The van der Waals surface area contributed by atoms with Gasteiger partial charge in [0, 0.05) is 0 Å². The molecule has 0 atom stereocenters. The molecule has 0 aliphatic rings. The van der Waals surface area contributed by atoms with E-state index in [1.165, 1.54) is 135 Å². The van der Waals surface area contributed by atoms with Crippen molar-refractivity contribution >= 4 is 0 Å². The predicted octanol–water partition coefficient (Wildman–Crippen LogP) is 10.2. The number of hydrogen-bond donors (Lipinski definition) is 0. The molecule has 0 saturated carbocycles. The second kappa shape index (κ2) is 19.8. The average molecular weight is 367 g/mol. The van der Waals surface area contributed by atoms with Crippen molar-refractivity contribution in [1.82, 2.24) is 0 Å². The quantitative estimate of drug-likeness (QED) is 0.177. The van der Waals surface area contributed by atoms with Crippen LogP contribution in [-0.2, 0) is 0 Å². The topological polar surface area (TPSA) is 0 Å². The van der Waals surface area contributed by atoms with Crippen LogP contribution < -0.4 is 0 Å². The maximum Gasteiger partial charge on any atom is -0.0303 e. The number of rotatable bonds is 21. The van der Waals surface area contributed by atoms with Gasteiger partial charge in [-0.3, -0.25) is 0 Å². The molecular weight excluding hydrogens is 312 g/mol. The summed E-state index contributed by atoms with van der Waals surface area (Å²) in [5.41, 5.74) is 0.673. The summed E-state index contributed by atoms with van der Waals surface area (Å²) in [4.78, 5) is 0. The van der Waals surface area contributed by atoms with E-state index in [-0.39, 0.29) is 0 Å². The molecule has 0 amide bonds. The van der Waals surface area contributed by atoms with E-state index in [2.05, 4.69) is 27.7 Å². The lowest BCUT2D eigenvalue weighted by Crippen LogP contribution is -2.18. The Hall–Kier alpha value is 0. The Morgan fingerprint density at radius 3 is 0.962 bits per heavy atom. The Labute approximate surface area is 168 Å². The number of unbranched alkanes of at least 4 members (excludes halogenated alkanes) is 15. The van der Waals surface area contributed by atoms with Crippen LogP contribution in [0.4, 0.5) is 0 Å². The summed E-state index contributed by atoms with van der Waals surface area (Å²) in [6, 6.07) is 0. The standard InChI is InChI=1S/C26H54/c1-5-9-11-12-13-14-15-16-17-18-19-20-21-23-25-26(7-3,8-4)24-22-10-6-2/h5-25H2,1-4H3. The summed E-state index contributed by atoms with van der Waals surface area (Å²) in [6.07, 6.45) is 30.6. The molecule has 0 fully saturated rings. The first-order chi connectivity index (χ1) is 12.7. The van der Waals surface area contributed by atoms with Crippen molar-refractivity contribution in [3.8, 4) is 0 Å². The molecular formula is C26H54. The SMILES string of the molecule is CCCCCCCCCCCCCCCCC(CC)(CC)CCCCC. The molecule has 0 spiro atoms. The highest BCUT2D eigenvalue weighted by molar-refractivity contribution is 4.76. The van der Waals surface area contributed by atoms with Gasteiger partial charge in [-0.1, -0.05) is 150 Å². The molecule has 158 valence electrons. The Morgan fingerprint density at radius 1 is 0.346 bits per heavy atom. The maximum atomic E-state index is 2.43. The molecule has 26 heavy (non-hydrogen) atoms. The van der Waals surface area contributed by atoms with Crippen molar-refractivity contribution in [2.45, 2.75) is 163 Å². The van der Waals surface area contributed by atoms with Crippen molar-refractivity contribution in [1.29, 1.82) is 0 Å². The highest BCUT2D eigenvalue weighted by atomic mass is 14.3. The molecule has 0 aromatic carbocycles. The first-order valence-corrected chi connectivity index (χ1v) is 12.7. The lowest BCUT2D eigenvalue weighted by molar-refractivity contribution is 0.203. The molecule has 0 radical (unpaired) electrons. The van der Waals surface area contributed by atoms with Gasteiger partial charge in [0.05, 0.1) is 0 Å². The Bertz CT molecular complexity index is 251. The molecule has 0 aromatic rings. The minimum Gasteiger partial charge on any atom is -0.0654 e. The summed E-state index contributed by atoms with van der Waals surface area (Å²) in [6.45, 7) is 9.49. The van der Waals surface area contributed by atoms with Gasteiger partial charge in [-0.2, -0.15) is 0 Å². The Kier molecular flexibility index (Phi) is 19.8. The van der Waals surface area contributed by atoms with Crippen LogP contribution in [-0.4, -0.2) is 0 Å². The minimum absolute atomic E-state index is 0.673. The van der Waals surface area contributed by atoms with Crippen LogP contribution in [0.25, 0.3) is 0 Å². The van der Waals surface area contributed by atoms with Crippen LogP contribution in [0.1, 0.15) is 163 Å². The Balaban J connectivity index is 3.45. The largest absolute Gasteiger partial charge is 0.0654 e. The zero-order valence-electron chi connectivity index (χ0n) is 19.3.